The Morgan fingerprint density at radius 1 is 1.04 bits per heavy atom. The number of ether oxygens (including phenoxy) is 3. The van der Waals surface area contributed by atoms with E-state index in [0.29, 0.717) is 17.2 Å². The number of rotatable bonds is 2. The molecule has 1 aliphatic heterocycles. The highest BCUT2D eigenvalue weighted by Crippen LogP contribution is 2.44. The number of nitrogens with zero attached hydrogens (tertiary/aromatic N) is 1. The van der Waals surface area contributed by atoms with Crippen LogP contribution >= 0.6 is 0 Å². The zero-order valence-corrected chi connectivity index (χ0v) is 15.5. The lowest BCUT2D eigenvalue weighted by Crippen LogP contribution is -2.21. The van der Waals surface area contributed by atoms with Gasteiger partial charge in [-0.2, -0.15) is 0 Å². The van der Waals surface area contributed by atoms with E-state index in [1.54, 1.807) is 7.11 Å². The van der Waals surface area contributed by atoms with Gasteiger partial charge in [-0.25, -0.2) is 4.98 Å². The highest BCUT2D eigenvalue weighted by atomic mass is 16.7. The average molecular weight is 330 g/mol. The van der Waals surface area contributed by atoms with Gasteiger partial charge in [0.05, 0.1) is 12.8 Å². The SMILES string of the molecule is COc1cc(-c2nc(C(C)(C)C)c(C(C)(C)C)[nH]2)cc2c1OCO2. The normalized spacial score (nSPS) is 14.1. The van der Waals surface area contributed by atoms with E-state index >= 15 is 0 Å². The first-order valence-electron chi connectivity index (χ1n) is 8.20. The van der Waals surface area contributed by atoms with E-state index in [1.807, 2.05) is 12.1 Å². The lowest BCUT2D eigenvalue weighted by Gasteiger charge is -2.24. The van der Waals surface area contributed by atoms with Crippen molar-refractivity contribution in [2.45, 2.75) is 52.4 Å². The van der Waals surface area contributed by atoms with E-state index in [-0.39, 0.29) is 17.6 Å². The molecule has 1 aromatic heterocycles. The van der Waals surface area contributed by atoms with E-state index < -0.39 is 0 Å². The predicted octanol–water partition coefficient (Wildman–Crippen LogP) is 4.41. The molecule has 2 aromatic rings. The van der Waals surface area contributed by atoms with Crippen LogP contribution < -0.4 is 14.2 Å². The van der Waals surface area contributed by atoms with E-state index in [2.05, 4.69) is 46.5 Å². The largest absolute Gasteiger partial charge is 0.493 e. The second-order valence-electron chi connectivity index (χ2n) is 8.22. The van der Waals surface area contributed by atoms with Gasteiger partial charge in [-0.3, -0.25) is 0 Å². The van der Waals surface area contributed by atoms with Crippen molar-refractivity contribution >= 4 is 0 Å². The molecule has 130 valence electrons. The first-order chi connectivity index (χ1) is 11.1. The zero-order valence-electron chi connectivity index (χ0n) is 15.5. The molecule has 2 heterocycles. The molecule has 0 bridgehead atoms. The van der Waals surface area contributed by atoms with Gasteiger partial charge in [0, 0.05) is 22.1 Å². The van der Waals surface area contributed by atoms with Gasteiger partial charge in [-0.05, 0) is 12.1 Å². The Morgan fingerprint density at radius 2 is 1.75 bits per heavy atom. The summed E-state index contributed by atoms with van der Waals surface area (Å²) in [6.07, 6.45) is 0. The maximum Gasteiger partial charge on any atom is 0.231 e. The summed E-state index contributed by atoms with van der Waals surface area (Å²) in [6, 6.07) is 3.88. The lowest BCUT2D eigenvalue weighted by molar-refractivity contribution is 0.171. The molecule has 0 atom stereocenters. The number of hydrogen-bond donors (Lipinski definition) is 1. The molecule has 0 aliphatic carbocycles. The van der Waals surface area contributed by atoms with E-state index in [1.165, 1.54) is 0 Å². The number of fused-ring (bicyclic) bond motifs is 1. The summed E-state index contributed by atoms with van der Waals surface area (Å²) in [5.41, 5.74) is 3.10. The fourth-order valence-electron chi connectivity index (χ4n) is 2.86. The van der Waals surface area contributed by atoms with Crippen molar-refractivity contribution in [3.63, 3.8) is 0 Å². The maximum atomic E-state index is 5.53. The van der Waals surface area contributed by atoms with E-state index in [9.17, 15) is 0 Å². The van der Waals surface area contributed by atoms with Gasteiger partial charge in [0.15, 0.2) is 11.5 Å². The number of H-pyrrole nitrogens is 1. The Balaban J connectivity index is 2.16. The van der Waals surface area contributed by atoms with Crippen LogP contribution in [-0.2, 0) is 10.8 Å². The van der Waals surface area contributed by atoms with E-state index in [0.717, 1.165) is 22.8 Å². The van der Waals surface area contributed by atoms with Crippen molar-refractivity contribution in [3.05, 3.63) is 23.5 Å². The van der Waals surface area contributed by atoms with Gasteiger partial charge < -0.3 is 19.2 Å². The van der Waals surface area contributed by atoms with Gasteiger partial charge in [-0.1, -0.05) is 41.5 Å². The summed E-state index contributed by atoms with van der Waals surface area (Å²) < 4.78 is 16.4. The van der Waals surface area contributed by atoms with Crippen LogP contribution in [-0.4, -0.2) is 23.9 Å². The summed E-state index contributed by atoms with van der Waals surface area (Å²) in [6.45, 7) is 13.3. The van der Waals surface area contributed by atoms with Crippen LogP contribution in [0.5, 0.6) is 17.2 Å². The third kappa shape index (κ3) is 2.83. The maximum absolute atomic E-state index is 5.53. The van der Waals surface area contributed by atoms with Gasteiger partial charge in [0.25, 0.3) is 0 Å². The fourth-order valence-corrected chi connectivity index (χ4v) is 2.86. The minimum atomic E-state index is -0.0439. The van der Waals surface area contributed by atoms with Crippen molar-refractivity contribution in [2.75, 3.05) is 13.9 Å². The molecule has 5 nitrogen and oxygen atoms in total. The quantitative estimate of drug-likeness (QED) is 0.886. The van der Waals surface area contributed by atoms with Gasteiger partial charge in [0.1, 0.15) is 5.82 Å². The Hall–Kier alpha value is -2.17. The lowest BCUT2D eigenvalue weighted by atomic mass is 9.82. The number of methoxy groups -OCH3 is 1. The summed E-state index contributed by atoms with van der Waals surface area (Å²) in [5, 5.41) is 0. The van der Waals surface area contributed by atoms with E-state index in [4.69, 9.17) is 19.2 Å². The molecular weight excluding hydrogens is 304 g/mol. The van der Waals surface area contributed by atoms with Crippen LogP contribution in [0.2, 0.25) is 0 Å². The number of nitrogens with one attached hydrogen (secondary N) is 1. The molecule has 0 unspecified atom stereocenters. The highest BCUT2D eigenvalue weighted by molar-refractivity contribution is 5.68. The van der Waals surface area contributed by atoms with Crippen LogP contribution in [0.3, 0.4) is 0 Å². The zero-order chi connectivity index (χ0) is 17.7. The van der Waals surface area contributed by atoms with Crippen LogP contribution in [0.25, 0.3) is 11.4 Å². The molecule has 0 spiro atoms. The number of aromatic nitrogens is 2. The number of benzene rings is 1. The van der Waals surface area contributed by atoms with Crippen LogP contribution in [0.1, 0.15) is 52.9 Å². The number of imidazole rings is 1. The van der Waals surface area contributed by atoms with Crippen LogP contribution in [0.4, 0.5) is 0 Å². The summed E-state index contributed by atoms with van der Waals surface area (Å²) >= 11 is 0. The first-order valence-corrected chi connectivity index (χ1v) is 8.20. The summed E-state index contributed by atoms with van der Waals surface area (Å²) in [7, 11) is 1.63. The summed E-state index contributed by atoms with van der Waals surface area (Å²) in [4.78, 5) is 8.44. The number of hydrogen-bond acceptors (Lipinski definition) is 4. The van der Waals surface area contributed by atoms with Crippen molar-refractivity contribution in [2.24, 2.45) is 0 Å². The van der Waals surface area contributed by atoms with Crippen molar-refractivity contribution < 1.29 is 14.2 Å². The smallest absolute Gasteiger partial charge is 0.231 e. The fraction of sp³-hybridized carbons (Fsp3) is 0.526. The summed E-state index contributed by atoms with van der Waals surface area (Å²) in [5.74, 6) is 2.82. The molecule has 0 saturated heterocycles. The average Bonchev–Trinajstić information content (AvgIpc) is 3.11. The molecule has 24 heavy (non-hydrogen) atoms. The third-order valence-electron chi connectivity index (χ3n) is 4.10. The Kier molecular flexibility index (Phi) is 3.78. The third-order valence-corrected chi connectivity index (χ3v) is 4.10. The molecular formula is C19H26N2O3. The molecule has 0 radical (unpaired) electrons. The topological polar surface area (TPSA) is 56.4 Å². The second kappa shape index (κ2) is 5.43. The molecule has 1 aromatic carbocycles. The molecule has 1 N–H and O–H groups in total. The molecule has 5 heteroatoms. The standard InChI is InChI=1S/C19H26N2O3/c1-18(2,3)15-16(19(4,5)6)21-17(20-15)11-8-12(22-7)14-13(9-11)23-10-24-14/h8-9H,10H2,1-7H3,(H,20,21). The molecule has 0 fully saturated rings. The van der Waals surface area contributed by atoms with Gasteiger partial charge in [-0.15, -0.1) is 0 Å². The Bertz CT molecular complexity index is 733. The van der Waals surface area contributed by atoms with Crippen LogP contribution in [0, 0.1) is 0 Å². The Labute approximate surface area is 143 Å². The Morgan fingerprint density at radius 3 is 2.29 bits per heavy atom. The van der Waals surface area contributed by atoms with Crippen molar-refractivity contribution in [1.29, 1.82) is 0 Å². The molecule has 0 amide bonds. The van der Waals surface area contributed by atoms with Gasteiger partial charge in [0.2, 0.25) is 12.5 Å². The molecule has 1 aliphatic rings. The number of aromatic amines is 1. The highest BCUT2D eigenvalue weighted by Gasteiger charge is 2.30. The van der Waals surface area contributed by atoms with Crippen molar-refractivity contribution in [3.8, 4) is 28.6 Å². The minimum absolute atomic E-state index is 0.0196. The second-order valence-corrected chi connectivity index (χ2v) is 8.22. The predicted molar refractivity (Wildman–Crippen MR) is 94.1 cm³/mol. The first kappa shape index (κ1) is 16.7. The minimum Gasteiger partial charge on any atom is -0.493 e. The monoisotopic (exact) mass is 330 g/mol. The molecule has 3 rings (SSSR count). The molecule has 0 saturated carbocycles. The van der Waals surface area contributed by atoms with Crippen LogP contribution in [0.15, 0.2) is 12.1 Å². The van der Waals surface area contributed by atoms with Crippen molar-refractivity contribution in [1.82, 2.24) is 9.97 Å². The van der Waals surface area contributed by atoms with Gasteiger partial charge >= 0.3 is 0 Å².